The van der Waals surface area contributed by atoms with E-state index in [4.69, 9.17) is 6.42 Å². The lowest BCUT2D eigenvalue weighted by atomic mass is 10.2. The highest BCUT2D eigenvalue weighted by Gasteiger charge is 2.38. The van der Waals surface area contributed by atoms with Crippen molar-refractivity contribution in [2.24, 2.45) is 0 Å². The predicted octanol–water partition coefficient (Wildman–Crippen LogP) is 2.55. The predicted molar refractivity (Wildman–Crippen MR) is 72.8 cm³/mol. The molecular weight excluding hydrogens is 295 g/mol. The number of alkyl halides is 3. The number of imidazole rings is 1. The summed E-state index contributed by atoms with van der Waals surface area (Å²) in [5.74, 6) is 2.27. The first kappa shape index (κ1) is 14.1. The van der Waals surface area contributed by atoms with Crippen LogP contribution in [0, 0.1) is 19.3 Å². The number of halogens is 3. The van der Waals surface area contributed by atoms with Gasteiger partial charge in [0.25, 0.3) is 0 Å². The molecule has 3 heterocycles. The SMILES string of the molecule is C#CCn1cc(-c2cnc3c(C)nccn23)c(C(F)(F)F)n1. The van der Waals surface area contributed by atoms with Gasteiger partial charge in [-0.25, -0.2) is 4.98 Å². The molecule has 8 heteroatoms. The van der Waals surface area contributed by atoms with Crippen LogP contribution >= 0.6 is 0 Å². The third-order valence-corrected chi connectivity index (χ3v) is 3.16. The van der Waals surface area contributed by atoms with Gasteiger partial charge in [0.2, 0.25) is 0 Å². The van der Waals surface area contributed by atoms with Crippen LogP contribution in [0.5, 0.6) is 0 Å². The number of hydrogen-bond acceptors (Lipinski definition) is 3. The zero-order valence-electron chi connectivity index (χ0n) is 11.5. The summed E-state index contributed by atoms with van der Waals surface area (Å²) >= 11 is 0. The molecule has 3 aromatic rings. The quantitative estimate of drug-likeness (QED) is 0.684. The number of rotatable bonds is 2. The van der Waals surface area contributed by atoms with Crippen LogP contribution in [0.4, 0.5) is 13.2 Å². The van der Waals surface area contributed by atoms with Crippen molar-refractivity contribution in [3.63, 3.8) is 0 Å². The van der Waals surface area contributed by atoms with Crippen LogP contribution in [-0.2, 0) is 12.7 Å². The van der Waals surface area contributed by atoms with Crippen molar-refractivity contribution < 1.29 is 13.2 Å². The molecule has 5 nitrogen and oxygen atoms in total. The van der Waals surface area contributed by atoms with Gasteiger partial charge in [-0.15, -0.1) is 6.42 Å². The normalized spacial score (nSPS) is 11.8. The van der Waals surface area contributed by atoms with E-state index >= 15 is 0 Å². The van der Waals surface area contributed by atoms with E-state index in [0.717, 1.165) is 4.68 Å². The minimum Gasteiger partial charge on any atom is -0.296 e. The second-order valence-electron chi connectivity index (χ2n) is 4.64. The van der Waals surface area contributed by atoms with Gasteiger partial charge in [0, 0.05) is 18.6 Å². The molecule has 0 amide bonds. The second kappa shape index (κ2) is 4.87. The van der Waals surface area contributed by atoms with Crippen molar-refractivity contribution in [2.45, 2.75) is 19.6 Å². The van der Waals surface area contributed by atoms with Crippen molar-refractivity contribution >= 4 is 5.65 Å². The lowest BCUT2D eigenvalue weighted by Crippen LogP contribution is -2.09. The lowest BCUT2D eigenvalue weighted by molar-refractivity contribution is -0.141. The van der Waals surface area contributed by atoms with Crippen LogP contribution in [-0.4, -0.2) is 24.1 Å². The minimum atomic E-state index is -4.58. The van der Waals surface area contributed by atoms with E-state index in [2.05, 4.69) is 21.0 Å². The molecule has 112 valence electrons. The summed E-state index contributed by atoms with van der Waals surface area (Å²) in [4.78, 5) is 8.20. The molecule has 0 radical (unpaired) electrons. The molecule has 0 unspecified atom stereocenters. The van der Waals surface area contributed by atoms with Crippen molar-refractivity contribution in [1.82, 2.24) is 24.1 Å². The molecule has 0 aliphatic rings. The Kier molecular flexibility index (Phi) is 3.13. The van der Waals surface area contributed by atoms with Gasteiger partial charge in [-0.1, -0.05) is 5.92 Å². The van der Waals surface area contributed by atoms with Crippen molar-refractivity contribution in [1.29, 1.82) is 0 Å². The van der Waals surface area contributed by atoms with E-state index in [9.17, 15) is 13.2 Å². The van der Waals surface area contributed by atoms with Gasteiger partial charge in [-0.05, 0) is 6.92 Å². The zero-order chi connectivity index (χ0) is 15.9. The topological polar surface area (TPSA) is 48.0 Å². The Bertz CT molecular complexity index is 882. The molecule has 22 heavy (non-hydrogen) atoms. The zero-order valence-corrected chi connectivity index (χ0v) is 11.5. The van der Waals surface area contributed by atoms with E-state index in [0.29, 0.717) is 11.3 Å². The number of hydrogen-bond donors (Lipinski definition) is 0. The highest BCUT2D eigenvalue weighted by atomic mass is 19.4. The molecule has 0 aromatic carbocycles. The molecule has 0 bridgehead atoms. The molecule has 0 fully saturated rings. The maximum absolute atomic E-state index is 13.2. The van der Waals surface area contributed by atoms with Gasteiger partial charge in [0.15, 0.2) is 11.3 Å². The van der Waals surface area contributed by atoms with Crippen LogP contribution < -0.4 is 0 Å². The number of nitrogens with zero attached hydrogens (tertiary/aromatic N) is 5. The first-order valence-corrected chi connectivity index (χ1v) is 6.29. The van der Waals surface area contributed by atoms with Crippen LogP contribution in [0.2, 0.25) is 0 Å². The molecule has 0 spiro atoms. The molecule has 0 aliphatic carbocycles. The van der Waals surface area contributed by atoms with Crippen LogP contribution in [0.3, 0.4) is 0 Å². The van der Waals surface area contributed by atoms with E-state index in [-0.39, 0.29) is 17.8 Å². The van der Waals surface area contributed by atoms with Crippen LogP contribution in [0.25, 0.3) is 16.9 Å². The molecule has 0 N–H and O–H groups in total. The Labute approximate surface area is 123 Å². The summed E-state index contributed by atoms with van der Waals surface area (Å²) in [6.45, 7) is 1.69. The second-order valence-corrected chi connectivity index (χ2v) is 4.64. The summed E-state index contributed by atoms with van der Waals surface area (Å²) in [5, 5.41) is 3.55. The number of fused-ring (bicyclic) bond motifs is 1. The third-order valence-electron chi connectivity index (χ3n) is 3.16. The van der Waals surface area contributed by atoms with Crippen LogP contribution in [0.1, 0.15) is 11.4 Å². The van der Waals surface area contributed by atoms with E-state index < -0.39 is 11.9 Å². The smallest absolute Gasteiger partial charge is 0.296 e. The highest BCUT2D eigenvalue weighted by molar-refractivity contribution is 5.66. The Morgan fingerprint density at radius 3 is 2.77 bits per heavy atom. The Hall–Kier alpha value is -2.82. The maximum Gasteiger partial charge on any atom is 0.435 e. The van der Waals surface area contributed by atoms with E-state index in [1.165, 1.54) is 18.6 Å². The lowest BCUT2D eigenvalue weighted by Gasteiger charge is -2.06. The molecule has 0 atom stereocenters. The van der Waals surface area contributed by atoms with E-state index in [1.54, 1.807) is 17.5 Å². The van der Waals surface area contributed by atoms with Crippen molar-refractivity contribution in [3.05, 3.63) is 36.2 Å². The van der Waals surface area contributed by atoms with Gasteiger partial charge in [0.1, 0.15) is 6.54 Å². The minimum absolute atomic E-state index is 0.0413. The van der Waals surface area contributed by atoms with Gasteiger partial charge in [0.05, 0.1) is 23.1 Å². The highest BCUT2D eigenvalue weighted by Crippen LogP contribution is 2.36. The van der Waals surface area contributed by atoms with E-state index in [1.807, 2.05) is 0 Å². The van der Waals surface area contributed by atoms with Gasteiger partial charge in [-0.3, -0.25) is 14.1 Å². The molecule has 3 aromatic heterocycles. The summed E-state index contributed by atoms with van der Waals surface area (Å²) in [6, 6.07) is 0. The standard InChI is InChI=1S/C14H10F3N5/c1-3-5-21-8-10(12(20-21)14(15,16)17)11-7-19-13-9(2)18-4-6-22(11)13/h1,4,6-8H,5H2,2H3. The average Bonchev–Trinajstić information content (AvgIpc) is 3.03. The summed E-state index contributed by atoms with van der Waals surface area (Å²) in [5.41, 5.74) is 0.351. The van der Waals surface area contributed by atoms with Crippen molar-refractivity contribution in [3.8, 4) is 23.6 Å². The first-order valence-electron chi connectivity index (χ1n) is 6.29. The van der Waals surface area contributed by atoms with Gasteiger partial charge < -0.3 is 0 Å². The summed E-state index contributed by atoms with van der Waals surface area (Å²) in [7, 11) is 0. The molecule has 0 saturated carbocycles. The fourth-order valence-electron chi connectivity index (χ4n) is 2.24. The Balaban J connectivity index is 2.26. The summed E-state index contributed by atoms with van der Waals surface area (Å²) < 4.78 is 42.3. The number of aromatic nitrogens is 5. The molecule has 0 saturated heterocycles. The first-order chi connectivity index (χ1) is 10.4. The van der Waals surface area contributed by atoms with Gasteiger partial charge >= 0.3 is 6.18 Å². The fourth-order valence-corrected chi connectivity index (χ4v) is 2.24. The average molecular weight is 305 g/mol. The third kappa shape index (κ3) is 2.20. The largest absolute Gasteiger partial charge is 0.435 e. The Morgan fingerprint density at radius 1 is 1.32 bits per heavy atom. The van der Waals surface area contributed by atoms with Gasteiger partial charge in [-0.2, -0.15) is 18.3 Å². The fraction of sp³-hybridized carbons (Fsp3) is 0.214. The van der Waals surface area contributed by atoms with Crippen LogP contribution in [0.15, 0.2) is 24.8 Å². The molecule has 0 aliphatic heterocycles. The Morgan fingerprint density at radius 2 is 2.09 bits per heavy atom. The molecular formula is C14H10F3N5. The van der Waals surface area contributed by atoms with Crippen molar-refractivity contribution in [2.75, 3.05) is 0 Å². The summed E-state index contributed by atoms with van der Waals surface area (Å²) in [6.07, 6.45) is 6.27. The maximum atomic E-state index is 13.2. The number of terminal acetylenes is 1. The monoisotopic (exact) mass is 305 g/mol. The number of aryl methyl sites for hydroxylation is 1. The molecule has 3 rings (SSSR count).